The van der Waals surface area contributed by atoms with E-state index in [0.29, 0.717) is 42.9 Å². The lowest BCUT2D eigenvalue weighted by molar-refractivity contribution is -0.275. The van der Waals surface area contributed by atoms with Crippen LogP contribution in [0.15, 0.2) is 36.4 Å². The molecule has 0 spiro atoms. The number of benzene rings is 2. The first kappa shape index (κ1) is 35.6. The van der Waals surface area contributed by atoms with E-state index in [1.807, 2.05) is 40.7 Å². The molecule has 0 radical (unpaired) electrons. The fraction of sp³-hybridized carbons (Fsp3) is 0.514. The van der Waals surface area contributed by atoms with Crippen molar-refractivity contribution >= 4 is 11.7 Å². The second-order valence-electron chi connectivity index (χ2n) is 14.8. The number of pyridine rings is 1. The molecule has 0 amide bonds. The van der Waals surface area contributed by atoms with Crippen molar-refractivity contribution in [3.8, 4) is 16.9 Å². The molecule has 3 aromatic rings. The Morgan fingerprint density at radius 3 is 2.31 bits per heavy atom. The molecular formula is C37H45F4N3O4. The predicted octanol–water partition coefficient (Wildman–Crippen LogP) is 8.53. The highest BCUT2D eigenvalue weighted by Gasteiger charge is 2.37. The van der Waals surface area contributed by atoms with E-state index in [9.17, 15) is 27.5 Å². The lowest BCUT2D eigenvalue weighted by atomic mass is 9.81. The molecule has 1 aromatic heterocycles. The summed E-state index contributed by atoms with van der Waals surface area (Å²) >= 11 is 0. The van der Waals surface area contributed by atoms with Crippen molar-refractivity contribution in [3.05, 3.63) is 75.9 Å². The number of fused-ring (bicyclic) bond motifs is 1. The molecule has 260 valence electrons. The normalized spacial score (nSPS) is 17.6. The second-order valence-corrected chi connectivity index (χ2v) is 14.8. The molecule has 2 aliphatic rings. The molecule has 2 aromatic carbocycles. The Labute approximate surface area is 279 Å². The fourth-order valence-corrected chi connectivity index (χ4v) is 6.76. The van der Waals surface area contributed by atoms with Gasteiger partial charge in [-0.1, -0.05) is 38.1 Å². The van der Waals surface area contributed by atoms with Gasteiger partial charge in [0.2, 0.25) is 0 Å². The maximum atomic E-state index is 14.0. The molecule has 1 N–H and O–H groups in total. The number of carboxylic acid groups (broad SMARTS) is 1. The molecule has 0 saturated carbocycles. The van der Waals surface area contributed by atoms with E-state index in [1.54, 1.807) is 0 Å². The summed E-state index contributed by atoms with van der Waals surface area (Å²) < 4.78 is 62.3. The van der Waals surface area contributed by atoms with Crippen molar-refractivity contribution in [3.63, 3.8) is 0 Å². The van der Waals surface area contributed by atoms with E-state index < -0.39 is 35.6 Å². The fourth-order valence-electron chi connectivity index (χ4n) is 6.76. The van der Waals surface area contributed by atoms with Gasteiger partial charge < -0.3 is 19.5 Å². The highest BCUT2D eigenvalue weighted by atomic mass is 19.4. The number of halogens is 4. The maximum absolute atomic E-state index is 14.0. The highest BCUT2D eigenvalue weighted by molar-refractivity contribution is 5.88. The summed E-state index contributed by atoms with van der Waals surface area (Å²) in [5.41, 5.74) is 6.92. The van der Waals surface area contributed by atoms with Gasteiger partial charge in [-0.15, -0.1) is 13.2 Å². The number of aryl methyl sites for hydroxylation is 2. The molecule has 1 saturated heterocycles. The van der Waals surface area contributed by atoms with E-state index >= 15 is 0 Å². The first-order chi connectivity index (χ1) is 22.3. The van der Waals surface area contributed by atoms with Crippen LogP contribution in [0.1, 0.15) is 87.2 Å². The van der Waals surface area contributed by atoms with Crippen molar-refractivity contribution in [2.75, 3.05) is 24.5 Å². The van der Waals surface area contributed by atoms with Gasteiger partial charge in [0.15, 0.2) is 17.7 Å². The smallest absolute Gasteiger partial charge is 0.479 e. The number of hydrogen-bond acceptors (Lipinski definition) is 6. The van der Waals surface area contributed by atoms with Crippen molar-refractivity contribution < 1.29 is 36.9 Å². The Bertz CT molecular complexity index is 1670. The van der Waals surface area contributed by atoms with Gasteiger partial charge in [0.05, 0.1) is 11.3 Å². The first-order valence-corrected chi connectivity index (χ1v) is 16.4. The summed E-state index contributed by atoms with van der Waals surface area (Å²) in [4.78, 5) is 22.1. The van der Waals surface area contributed by atoms with E-state index in [4.69, 9.17) is 9.72 Å². The third kappa shape index (κ3) is 8.29. The number of alkyl halides is 3. The number of carboxylic acids is 1. The zero-order valence-electron chi connectivity index (χ0n) is 28.7. The minimum Gasteiger partial charge on any atom is -0.479 e. The molecule has 48 heavy (non-hydrogen) atoms. The predicted molar refractivity (Wildman–Crippen MR) is 176 cm³/mol. The number of piperidine rings is 1. The van der Waals surface area contributed by atoms with Crippen molar-refractivity contribution in [2.45, 2.75) is 98.9 Å². The summed E-state index contributed by atoms with van der Waals surface area (Å²) in [5, 5.41) is 10.5. The van der Waals surface area contributed by atoms with Crippen molar-refractivity contribution in [2.24, 2.45) is 5.41 Å². The molecule has 0 bridgehead atoms. The third-order valence-corrected chi connectivity index (χ3v) is 9.18. The average molecular weight is 672 g/mol. The van der Waals surface area contributed by atoms with E-state index in [2.05, 4.69) is 40.5 Å². The zero-order chi connectivity index (χ0) is 35.2. The summed E-state index contributed by atoms with van der Waals surface area (Å²) in [6.45, 7) is 17.0. The monoisotopic (exact) mass is 671 g/mol. The number of nitrogens with zero attached hydrogens (tertiary/aromatic N) is 3. The van der Waals surface area contributed by atoms with Crippen LogP contribution in [0.4, 0.5) is 23.2 Å². The van der Waals surface area contributed by atoms with Crippen LogP contribution >= 0.6 is 0 Å². The van der Waals surface area contributed by atoms with Gasteiger partial charge >= 0.3 is 12.3 Å². The summed E-state index contributed by atoms with van der Waals surface area (Å²) in [6.07, 6.45) is -3.57. The minimum absolute atomic E-state index is 0.181. The quantitative estimate of drug-likeness (QED) is 0.241. The number of hydrogen-bond donors (Lipinski definition) is 1. The maximum Gasteiger partial charge on any atom is 0.573 e. The lowest BCUT2D eigenvalue weighted by Crippen LogP contribution is -2.39. The van der Waals surface area contributed by atoms with Crippen LogP contribution in [0.2, 0.25) is 0 Å². The lowest BCUT2D eigenvalue weighted by Gasteiger charge is -2.41. The molecule has 3 heterocycles. The van der Waals surface area contributed by atoms with Gasteiger partial charge in [-0.2, -0.15) is 0 Å². The Kier molecular flexibility index (Phi) is 9.87. The second kappa shape index (κ2) is 13.3. The van der Waals surface area contributed by atoms with Crippen LogP contribution in [-0.2, 0) is 29.0 Å². The zero-order valence-corrected chi connectivity index (χ0v) is 28.7. The van der Waals surface area contributed by atoms with Crippen LogP contribution in [0.5, 0.6) is 5.75 Å². The Balaban J connectivity index is 1.51. The van der Waals surface area contributed by atoms with Crippen LogP contribution in [0, 0.1) is 25.1 Å². The molecule has 2 aliphatic heterocycles. The van der Waals surface area contributed by atoms with E-state index in [-0.39, 0.29) is 5.41 Å². The number of anilines is 1. The molecular weight excluding hydrogens is 626 g/mol. The third-order valence-electron chi connectivity index (χ3n) is 9.18. The van der Waals surface area contributed by atoms with Crippen LogP contribution in [-0.4, -0.2) is 52.6 Å². The van der Waals surface area contributed by atoms with Gasteiger partial charge in [0, 0.05) is 55.2 Å². The molecule has 11 heteroatoms. The van der Waals surface area contributed by atoms with Gasteiger partial charge in [-0.05, 0) is 93.7 Å². The number of aliphatic carboxylic acids is 1. The van der Waals surface area contributed by atoms with Crippen LogP contribution in [0.3, 0.4) is 0 Å². The SMILES string of the molecule is Cc1nc(C)c([C@H](OC(C)(C)C)C(=O)O)c(N2CCC(C)(C)CC2)c1-c1ccc2c(c1)CCN(Cc1ccc(F)c(OC(F)(F)F)c1)C2. The summed E-state index contributed by atoms with van der Waals surface area (Å²) in [6, 6.07) is 9.82. The van der Waals surface area contributed by atoms with E-state index in [0.717, 1.165) is 71.7 Å². The van der Waals surface area contributed by atoms with Gasteiger partial charge in [-0.3, -0.25) is 9.88 Å². The Morgan fingerprint density at radius 2 is 1.69 bits per heavy atom. The number of carbonyl (C=O) groups is 1. The summed E-state index contributed by atoms with van der Waals surface area (Å²) in [7, 11) is 0. The van der Waals surface area contributed by atoms with E-state index in [1.165, 1.54) is 6.07 Å². The molecule has 5 rings (SSSR count). The average Bonchev–Trinajstić information content (AvgIpc) is 2.96. The molecule has 7 nitrogen and oxygen atoms in total. The van der Waals surface area contributed by atoms with Crippen LogP contribution in [0.25, 0.3) is 11.1 Å². The van der Waals surface area contributed by atoms with Gasteiger partial charge in [-0.25, -0.2) is 9.18 Å². The first-order valence-electron chi connectivity index (χ1n) is 16.4. The van der Waals surface area contributed by atoms with Gasteiger partial charge in [0.1, 0.15) is 0 Å². The van der Waals surface area contributed by atoms with Crippen molar-refractivity contribution in [1.29, 1.82) is 0 Å². The van der Waals surface area contributed by atoms with Crippen molar-refractivity contribution in [1.82, 2.24) is 9.88 Å². The number of aromatic nitrogens is 1. The largest absolute Gasteiger partial charge is 0.573 e. The number of rotatable bonds is 8. The van der Waals surface area contributed by atoms with Crippen LogP contribution < -0.4 is 9.64 Å². The Hall–Kier alpha value is -3.70. The number of ether oxygens (including phenoxy) is 2. The topological polar surface area (TPSA) is 75.1 Å². The molecule has 1 atom stereocenters. The Morgan fingerprint density at radius 1 is 1.00 bits per heavy atom. The molecule has 0 unspecified atom stereocenters. The summed E-state index contributed by atoms with van der Waals surface area (Å²) in [5.74, 6) is -2.97. The van der Waals surface area contributed by atoms with Gasteiger partial charge in [0.25, 0.3) is 0 Å². The highest BCUT2D eigenvalue weighted by Crippen LogP contribution is 2.45. The standard InChI is InChI=1S/C37H45F4N3O4/c1-22-30(32(44-16-13-36(6,7)14-17-44)31(23(2)42-22)33(34(45)46)48-35(3,4)5)26-9-10-27-21-43(15-12-25(27)19-26)20-24-8-11-28(38)29(18-24)47-37(39,40)41/h8-11,18-19,33H,12-17,20-21H2,1-7H3,(H,45,46)/t33-/m0/s1. The minimum atomic E-state index is -4.98. The molecule has 1 fully saturated rings. The molecule has 0 aliphatic carbocycles.